The molecule has 0 N–H and O–H groups in total. The van der Waals surface area contributed by atoms with E-state index in [0.717, 1.165) is 18.7 Å². The van der Waals surface area contributed by atoms with E-state index in [0.29, 0.717) is 25.9 Å². The SMILES string of the molecule is COc1ccc2c(c1)CCN(C(=O)CCN(C)[C@@H]1CCS(=O)(=O)C1)C2. The molecule has 25 heavy (non-hydrogen) atoms. The monoisotopic (exact) mass is 366 g/mol. The number of hydrogen-bond acceptors (Lipinski definition) is 5. The first kappa shape index (κ1) is 18.2. The van der Waals surface area contributed by atoms with E-state index < -0.39 is 9.84 Å². The largest absolute Gasteiger partial charge is 0.497 e. The smallest absolute Gasteiger partial charge is 0.224 e. The zero-order valence-electron chi connectivity index (χ0n) is 14.9. The summed E-state index contributed by atoms with van der Waals surface area (Å²) in [5.41, 5.74) is 2.42. The van der Waals surface area contributed by atoms with Crippen LogP contribution in [-0.2, 0) is 27.6 Å². The number of sulfone groups is 1. The molecule has 0 unspecified atom stereocenters. The maximum atomic E-state index is 12.5. The number of ether oxygens (including phenoxy) is 1. The topological polar surface area (TPSA) is 66.9 Å². The quantitative estimate of drug-likeness (QED) is 0.780. The molecule has 2 aliphatic rings. The van der Waals surface area contributed by atoms with E-state index in [2.05, 4.69) is 0 Å². The Bertz CT molecular complexity index is 747. The van der Waals surface area contributed by atoms with Gasteiger partial charge in [-0.2, -0.15) is 0 Å². The first-order valence-electron chi connectivity index (χ1n) is 8.72. The van der Waals surface area contributed by atoms with E-state index in [1.54, 1.807) is 7.11 Å². The molecule has 0 aromatic heterocycles. The molecule has 1 aromatic carbocycles. The van der Waals surface area contributed by atoms with Crippen molar-refractivity contribution in [1.82, 2.24) is 9.80 Å². The molecule has 0 bridgehead atoms. The van der Waals surface area contributed by atoms with E-state index in [1.807, 2.05) is 35.0 Å². The molecule has 2 aliphatic heterocycles. The molecule has 1 atom stereocenters. The molecule has 1 amide bonds. The van der Waals surface area contributed by atoms with Gasteiger partial charge in [0.15, 0.2) is 9.84 Å². The van der Waals surface area contributed by atoms with E-state index in [9.17, 15) is 13.2 Å². The number of hydrogen-bond donors (Lipinski definition) is 0. The summed E-state index contributed by atoms with van der Waals surface area (Å²) < 4.78 is 28.4. The Labute approximate surface area is 149 Å². The minimum Gasteiger partial charge on any atom is -0.497 e. The van der Waals surface area contributed by atoms with Gasteiger partial charge in [0.05, 0.1) is 18.6 Å². The summed E-state index contributed by atoms with van der Waals surface area (Å²) in [6.07, 6.45) is 1.94. The van der Waals surface area contributed by atoms with Crippen LogP contribution in [0.1, 0.15) is 24.0 Å². The third-order valence-electron chi connectivity index (χ3n) is 5.29. The standard InChI is InChI=1S/C18H26N2O4S/c1-19(16-7-10-25(22,23)13-16)8-6-18(21)20-9-5-14-11-17(24-2)4-3-15(14)12-20/h3-4,11,16H,5-10,12-13H2,1-2H3/t16-/m1/s1. The molecule has 0 radical (unpaired) electrons. The highest BCUT2D eigenvalue weighted by molar-refractivity contribution is 7.91. The summed E-state index contributed by atoms with van der Waals surface area (Å²) in [4.78, 5) is 16.4. The van der Waals surface area contributed by atoms with Crippen molar-refractivity contribution in [3.8, 4) is 5.75 Å². The van der Waals surface area contributed by atoms with Gasteiger partial charge in [0.25, 0.3) is 0 Å². The van der Waals surface area contributed by atoms with Crippen molar-refractivity contribution in [2.45, 2.75) is 31.8 Å². The number of fused-ring (bicyclic) bond motifs is 1. The number of benzene rings is 1. The molecular weight excluding hydrogens is 340 g/mol. The van der Waals surface area contributed by atoms with Crippen molar-refractivity contribution in [2.75, 3.05) is 38.8 Å². The van der Waals surface area contributed by atoms with Crippen LogP contribution in [-0.4, -0.2) is 68.9 Å². The Balaban J connectivity index is 1.52. The average molecular weight is 366 g/mol. The molecule has 0 spiro atoms. The predicted molar refractivity (Wildman–Crippen MR) is 96.4 cm³/mol. The van der Waals surface area contributed by atoms with Gasteiger partial charge in [0, 0.05) is 32.1 Å². The van der Waals surface area contributed by atoms with Gasteiger partial charge in [-0.05, 0) is 43.1 Å². The number of methoxy groups -OCH3 is 1. The summed E-state index contributed by atoms with van der Waals surface area (Å²) >= 11 is 0. The Hall–Kier alpha value is -1.60. The first-order valence-corrected chi connectivity index (χ1v) is 10.5. The number of nitrogens with zero attached hydrogens (tertiary/aromatic N) is 2. The van der Waals surface area contributed by atoms with Crippen molar-refractivity contribution < 1.29 is 17.9 Å². The molecule has 1 aromatic rings. The van der Waals surface area contributed by atoms with Crippen molar-refractivity contribution in [3.63, 3.8) is 0 Å². The normalized spacial score (nSPS) is 22.0. The van der Waals surface area contributed by atoms with Gasteiger partial charge in [-0.15, -0.1) is 0 Å². The van der Waals surface area contributed by atoms with Crippen LogP contribution in [0.25, 0.3) is 0 Å². The minimum atomic E-state index is -2.89. The number of carbonyl (C=O) groups is 1. The lowest BCUT2D eigenvalue weighted by Crippen LogP contribution is -2.39. The lowest BCUT2D eigenvalue weighted by Gasteiger charge is -2.30. The lowest BCUT2D eigenvalue weighted by atomic mass is 9.99. The van der Waals surface area contributed by atoms with Crippen LogP contribution in [0.4, 0.5) is 0 Å². The van der Waals surface area contributed by atoms with Crippen LogP contribution in [0.5, 0.6) is 5.75 Å². The summed E-state index contributed by atoms with van der Waals surface area (Å²) in [5, 5.41) is 0. The molecule has 138 valence electrons. The fraction of sp³-hybridized carbons (Fsp3) is 0.611. The zero-order valence-corrected chi connectivity index (χ0v) is 15.7. The first-order chi connectivity index (χ1) is 11.9. The van der Waals surface area contributed by atoms with E-state index in [4.69, 9.17) is 4.74 Å². The van der Waals surface area contributed by atoms with Crippen molar-refractivity contribution >= 4 is 15.7 Å². The molecule has 0 saturated carbocycles. The molecule has 1 saturated heterocycles. The van der Waals surface area contributed by atoms with Gasteiger partial charge in [-0.3, -0.25) is 4.79 Å². The van der Waals surface area contributed by atoms with Gasteiger partial charge >= 0.3 is 0 Å². The van der Waals surface area contributed by atoms with Gasteiger partial charge in [-0.25, -0.2) is 8.42 Å². The van der Waals surface area contributed by atoms with Crippen molar-refractivity contribution in [1.29, 1.82) is 0 Å². The van der Waals surface area contributed by atoms with Crippen LogP contribution in [0.3, 0.4) is 0 Å². The summed E-state index contributed by atoms with van der Waals surface area (Å²) in [6, 6.07) is 6.06. The molecule has 6 nitrogen and oxygen atoms in total. The summed E-state index contributed by atoms with van der Waals surface area (Å²) in [5.74, 6) is 1.47. The van der Waals surface area contributed by atoms with Crippen molar-refractivity contribution in [3.05, 3.63) is 29.3 Å². The maximum Gasteiger partial charge on any atom is 0.224 e. The van der Waals surface area contributed by atoms with Crippen LogP contribution in [0.2, 0.25) is 0 Å². The molecule has 2 heterocycles. The third kappa shape index (κ3) is 4.33. The number of amides is 1. The number of carbonyl (C=O) groups excluding carboxylic acids is 1. The van der Waals surface area contributed by atoms with Gasteiger partial charge in [-0.1, -0.05) is 6.07 Å². The van der Waals surface area contributed by atoms with Gasteiger partial charge in [0.1, 0.15) is 5.75 Å². The highest BCUT2D eigenvalue weighted by atomic mass is 32.2. The lowest BCUT2D eigenvalue weighted by molar-refractivity contribution is -0.132. The van der Waals surface area contributed by atoms with E-state index in [1.165, 1.54) is 11.1 Å². The second kappa shape index (κ2) is 7.33. The second-order valence-electron chi connectivity index (χ2n) is 6.99. The van der Waals surface area contributed by atoms with Crippen LogP contribution >= 0.6 is 0 Å². The fourth-order valence-corrected chi connectivity index (χ4v) is 5.41. The zero-order chi connectivity index (χ0) is 18.0. The van der Waals surface area contributed by atoms with Crippen LogP contribution in [0.15, 0.2) is 18.2 Å². The Kier molecular flexibility index (Phi) is 5.34. The number of rotatable bonds is 5. The van der Waals surface area contributed by atoms with Gasteiger partial charge in [0.2, 0.25) is 5.91 Å². The van der Waals surface area contributed by atoms with Crippen molar-refractivity contribution in [2.24, 2.45) is 0 Å². The molecule has 0 aliphatic carbocycles. The van der Waals surface area contributed by atoms with Crippen LogP contribution in [0, 0.1) is 0 Å². The minimum absolute atomic E-state index is 0.0485. The molecule has 7 heteroatoms. The molecule has 3 rings (SSSR count). The predicted octanol–water partition coefficient (Wildman–Crippen LogP) is 1.09. The molecule has 1 fully saturated rings. The Morgan fingerprint density at radius 1 is 1.36 bits per heavy atom. The third-order valence-corrected chi connectivity index (χ3v) is 7.04. The van der Waals surface area contributed by atoms with E-state index >= 15 is 0 Å². The Morgan fingerprint density at radius 3 is 2.84 bits per heavy atom. The summed E-state index contributed by atoms with van der Waals surface area (Å²) in [6.45, 7) is 1.96. The fourth-order valence-electron chi connectivity index (χ4n) is 3.60. The average Bonchev–Trinajstić information content (AvgIpc) is 2.98. The van der Waals surface area contributed by atoms with Gasteiger partial charge < -0.3 is 14.5 Å². The van der Waals surface area contributed by atoms with Crippen LogP contribution < -0.4 is 4.74 Å². The molecular formula is C18H26N2O4S. The summed E-state index contributed by atoms with van der Waals surface area (Å²) in [7, 11) is 0.686. The highest BCUT2D eigenvalue weighted by Gasteiger charge is 2.31. The van der Waals surface area contributed by atoms with E-state index in [-0.39, 0.29) is 23.5 Å². The Morgan fingerprint density at radius 2 is 2.16 bits per heavy atom. The maximum absolute atomic E-state index is 12.5. The highest BCUT2D eigenvalue weighted by Crippen LogP contribution is 2.24. The second-order valence-corrected chi connectivity index (χ2v) is 9.22.